The van der Waals surface area contributed by atoms with Gasteiger partial charge in [-0.05, 0) is 12.8 Å². The zero-order valence-electron chi connectivity index (χ0n) is 11.0. The Kier molecular flexibility index (Phi) is 5.89. The van der Waals surface area contributed by atoms with E-state index in [1.807, 2.05) is 0 Å². The van der Waals surface area contributed by atoms with Crippen LogP contribution < -0.4 is 4.90 Å². The molecule has 0 N–H and O–H groups in total. The average molecular weight is 322 g/mol. The molecule has 0 aromatic carbocycles. The van der Waals surface area contributed by atoms with Gasteiger partial charge in [-0.3, -0.25) is 4.79 Å². The number of nitrogens with zero attached hydrogens (tertiary/aromatic N) is 2. The van der Waals surface area contributed by atoms with Crippen LogP contribution in [-0.2, 0) is 42.2 Å². The van der Waals surface area contributed by atoms with E-state index >= 15 is 0 Å². The number of hydrogen-bond acceptors (Lipinski definition) is 3. The van der Waals surface area contributed by atoms with Gasteiger partial charge in [0.15, 0.2) is 0 Å². The van der Waals surface area contributed by atoms with Gasteiger partial charge in [0.05, 0.1) is 6.61 Å². The van der Waals surface area contributed by atoms with Crippen molar-refractivity contribution in [1.82, 2.24) is 4.98 Å². The summed E-state index contributed by atoms with van der Waals surface area (Å²) in [5.41, 5.74) is 1.06. The van der Waals surface area contributed by atoms with E-state index < -0.39 is 0 Å². The molecule has 5 heteroatoms. The van der Waals surface area contributed by atoms with Crippen molar-refractivity contribution in [3.05, 3.63) is 23.9 Å². The Bertz CT molecular complexity index is 406. The minimum atomic E-state index is -0.379. The Morgan fingerprint density at radius 3 is 2.83 bits per heavy atom. The van der Waals surface area contributed by atoms with Crippen LogP contribution in [0.4, 0.5) is 5.82 Å². The molecule has 0 aliphatic carbocycles. The van der Waals surface area contributed by atoms with Gasteiger partial charge in [-0.1, -0.05) is 20.0 Å². The van der Waals surface area contributed by atoms with Crippen molar-refractivity contribution in [2.45, 2.75) is 32.8 Å². The van der Waals surface area contributed by atoms with Gasteiger partial charge in [-0.15, -0.1) is 11.6 Å². The van der Waals surface area contributed by atoms with E-state index in [0.29, 0.717) is 24.9 Å². The topological polar surface area (TPSA) is 42.4 Å². The Balaban J connectivity index is 0.00000162. The number of morpholine rings is 1. The van der Waals surface area contributed by atoms with Gasteiger partial charge < -0.3 is 14.6 Å². The first-order chi connectivity index (χ1) is 8.09. The first kappa shape index (κ1) is 15.7. The molecular formula is C13H17N2O2Y-. The van der Waals surface area contributed by atoms with E-state index in [-0.39, 0.29) is 44.7 Å². The van der Waals surface area contributed by atoms with E-state index in [0.717, 1.165) is 5.56 Å². The van der Waals surface area contributed by atoms with Crippen molar-refractivity contribution in [1.29, 1.82) is 0 Å². The maximum absolute atomic E-state index is 11.9. The minimum absolute atomic E-state index is 0. The van der Waals surface area contributed by atoms with E-state index in [4.69, 9.17) is 4.74 Å². The number of anilines is 1. The number of rotatable bonds is 2. The second kappa shape index (κ2) is 6.74. The van der Waals surface area contributed by atoms with Gasteiger partial charge in [-0.25, -0.2) is 0 Å². The summed E-state index contributed by atoms with van der Waals surface area (Å²) in [4.78, 5) is 17.9. The number of pyridine rings is 1. The molecule has 1 radical (unpaired) electrons. The van der Waals surface area contributed by atoms with E-state index in [9.17, 15) is 4.79 Å². The van der Waals surface area contributed by atoms with Crippen molar-refractivity contribution in [3.8, 4) is 0 Å². The smallest absolute Gasteiger partial charge is 0.246 e. The Labute approximate surface area is 133 Å². The summed E-state index contributed by atoms with van der Waals surface area (Å²) in [5, 5.41) is 0. The molecule has 1 atom stereocenters. The molecule has 1 fully saturated rings. The van der Waals surface area contributed by atoms with Crippen molar-refractivity contribution < 1.29 is 42.2 Å². The third-order valence-corrected chi connectivity index (χ3v) is 2.90. The first-order valence-corrected chi connectivity index (χ1v) is 5.90. The van der Waals surface area contributed by atoms with Crippen LogP contribution in [0.2, 0.25) is 0 Å². The quantitative estimate of drug-likeness (QED) is 0.779. The molecule has 1 aromatic heterocycles. The Morgan fingerprint density at radius 2 is 2.28 bits per heavy atom. The normalized spacial score (nSPS) is 19.9. The molecular weight excluding hydrogens is 305 g/mol. The standard InChI is InChI=1S/C13H17N2O2.Y/c1-9(2)11-4-5-12(14-8-11)15-6-7-17-10(3)13(15)16;/h5,8-10H,6-7H2,1-3H3;/q-1;. The van der Waals surface area contributed by atoms with Crippen molar-refractivity contribution in [2.75, 3.05) is 18.1 Å². The van der Waals surface area contributed by atoms with Crippen molar-refractivity contribution >= 4 is 11.7 Å². The minimum Gasteiger partial charge on any atom is -0.367 e. The maximum Gasteiger partial charge on any atom is 0.246 e. The van der Waals surface area contributed by atoms with Gasteiger partial charge in [0, 0.05) is 45.1 Å². The second-order valence-electron chi connectivity index (χ2n) is 4.52. The van der Waals surface area contributed by atoms with Crippen molar-refractivity contribution in [3.63, 3.8) is 0 Å². The third kappa shape index (κ3) is 3.37. The summed E-state index contributed by atoms with van der Waals surface area (Å²) in [6.45, 7) is 7.07. The second-order valence-corrected chi connectivity index (χ2v) is 4.52. The monoisotopic (exact) mass is 322 g/mol. The van der Waals surface area contributed by atoms with Crippen LogP contribution in [0.25, 0.3) is 0 Å². The molecule has 1 saturated heterocycles. The Morgan fingerprint density at radius 1 is 1.56 bits per heavy atom. The summed E-state index contributed by atoms with van der Waals surface area (Å²) >= 11 is 0. The summed E-state index contributed by atoms with van der Waals surface area (Å²) in [6.07, 6.45) is 1.41. The predicted octanol–water partition coefficient (Wildman–Crippen LogP) is 1.75. The van der Waals surface area contributed by atoms with E-state index in [2.05, 4.69) is 24.9 Å². The van der Waals surface area contributed by atoms with Gasteiger partial charge in [-0.2, -0.15) is 6.07 Å². The van der Waals surface area contributed by atoms with Crippen LogP contribution in [0, 0.1) is 6.07 Å². The first-order valence-electron chi connectivity index (χ1n) is 5.90. The molecule has 0 saturated carbocycles. The molecule has 2 rings (SSSR count). The predicted molar refractivity (Wildman–Crippen MR) is 64.9 cm³/mol. The SMILES string of the molecule is CC1OCCN(c2c[c-]c(C(C)C)cn2)C1=O.[Y]. The van der Waals surface area contributed by atoms with Crippen LogP contribution in [0.15, 0.2) is 12.3 Å². The van der Waals surface area contributed by atoms with Crippen molar-refractivity contribution in [2.24, 2.45) is 0 Å². The van der Waals surface area contributed by atoms with Crippen LogP contribution >= 0.6 is 0 Å². The molecule has 1 amide bonds. The largest absolute Gasteiger partial charge is 0.367 e. The molecule has 1 aromatic rings. The molecule has 1 aliphatic heterocycles. The molecule has 1 unspecified atom stereocenters. The molecule has 0 bridgehead atoms. The van der Waals surface area contributed by atoms with Gasteiger partial charge in [0.2, 0.25) is 5.91 Å². The average Bonchev–Trinajstić information content (AvgIpc) is 2.33. The number of aromatic nitrogens is 1. The Hall–Kier alpha value is -0.316. The number of carbonyl (C=O) groups excluding carboxylic acids is 1. The van der Waals surface area contributed by atoms with E-state index in [1.54, 1.807) is 24.1 Å². The molecule has 2 heterocycles. The zero-order chi connectivity index (χ0) is 12.4. The van der Waals surface area contributed by atoms with Crippen LogP contribution in [0.3, 0.4) is 0 Å². The molecule has 0 spiro atoms. The molecule has 18 heavy (non-hydrogen) atoms. The number of amides is 1. The fourth-order valence-electron chi connectivity index (χ4n) is 1.77. The number of carbonyl (C=O) groups is 1. The van der Waals surface area contributed by atoms with Gasteiger partial charge in [0.1, 0.15) is 6.10 Å². The summed E-state index contributed by atoms with van der Waals surface area (Å²) in [5.74, 6) is 1.03. The summed E-state index contributed by atoms with van der Waals surface area (Å²) < 4.78 is 5.27. The summed E-state index contributed by atoms with van der Waals surface area (Å²) in [6, 6.07) is 4.95. The third-order valence-electron chi connectivity index (χ3n) is 2.90. The van der Waals surface area contributed by atoms with E-state index in [1.165, 1.54) is 0 Å². The molecule has 1 aliphatic rings. The molecule has 95 valence electrons. The van der Waals surface area contributed by atoms with Crippen LogP contribution in [0.5, 0.6) is 0 Å². The van der Waals surface area contributed by atoms with Gasteiger partial charge >= 0.3 is 0 Å². The van der Waals surface area contributed by atoms with Crippen LogP contribution in [0.1, 0.15) is 32.3 Å². The number of hydrogen-bond donors (Lipinski definition) is 0. The fraction of sp³-hybridized carbons (Fsp3) is 0.538. The zero-order valence-corrected chi connectivity index (χ0v) is 13.9. The summed E-state index contributed by atoms with van der Waals surface area (Å²) in [7, 11) is 0. The fourth-order valence-corrected chi connectivity index (χ4v) is 1.77. The van der Waals surface area contributed by atoms with Gasteiger partial charge in [0.25, 0.3) is 0 Å². The molecule has 4 nitrogen and oxygen atoms in total. The maximum atomic E-state index is 11.9. The van der Waals surface area contributed by atoms with Crippen LogP contribution in [-0.4, -0.2) is 30.1 Å². The number of ether oxygens (including phenoxy) is 1.